The van der Waals surface area contributed by atoms with E-state index in [-0.39, 0.29) is 5.63 Å². The second-order valence-corrected chi connectivity index (χ2v) is 4.79. The van der Waals surface area contributed by atoms with Crippen LogP contribution in [0, 0.1) is 0 Å². The minimum absolute atomic E-state index is 0.381. The van der Waals surface area contributed by atoms with Gasteiger partial charge in [0.2, 0.25) is 0 Å². The molecule has 2 aromatic carbocycles. The van der Waals surface area contributed by atoms with E-state index >= 15 is 0 Å². The highest BCUT2D eigenvalue weighted by Gasteiger charge is 2.08. The van der Waals surface area contributed by atoms with Gasteiger partial charge in [-0.25, -0.2) is 4.79 Å². The SMILES string of the molecule is COc1ccc2cc(-c3ccc(Cl)cc3)c(=O)oc2c1. The zero-order chi connectivity index (χ0) is 14.1. The summed E-state index contributed by atoms with van der Waals surface area (Å²) < 4.78 is 10.5. The predicted molar refractivity (Wildman–Crippen MR) is 79.5 cm³/mol. The first-order valence-corrected chi connectivity index (χ1v) is 6.43. The minimum atomic E-state index is -0.381. The lowest BCUT2D eigenvalue weighted by molar-refractivity contribution is 0.414. The van der Waals surface area contributed by atoms with Gasteiger partial charge < -0.3 is 9.15 Å². The van der Waals surface area contributed by atoms with Crippen LogP contribution >= 0.6 is 11.6 Å². The maximum Gasteiger partial charge on any atom is 0.344 e. The maximum atomic E-state index is 12.1. The normalized spacial score (nSPS) is 10.7. The predicted octanol–water partition coefficient (Wildman–Crippen LogP) is 4.12. The van der Waals surface area contributed by atoms with Crippen molar-refractivity contribution in [1.29, 1.82) is 0 Å². The van der Waals surface area contributed by atoms with Crippen molar-refractivity contribution in [2.45, 2.75) is 0 Å². The summed E-state index contributed by atoms with van der Waals surface area (Å²) in [6.07, 6.45) is 0. The van der Waals surface area contributed by atoms with Crippen LogP contribution in [-0.4, -0.2) is 7.11 Å². The molecule has 0 fully saturated rings. The fraction of sp³-hybridized carbons (Fsp3) is 0.0625. The monoisotopic (exact) mass is 286 g/mol. The van der Waals surface area contributed by atoms with Crippen LogP contribution in [0.4, 0.5) is 0 Å². The van der Waals surface area contributed by atoms with Crippen LogP contribution in [-0.2, 0) is 0 Å². The number of halogens is 1. The van der Waals surface area contributed by atoms with E-state index in [1.807, 2.05) is 18.2 Å². The molecule has 0 unspecified atom stereocenters. The third-order valence-corrected chi connectivity index (χ3v) is 3.35. The van der Waals surface area contributed by atoms with Crippen molar-refractivity contribution in [2.24, 2.45) is 0 Å². The molecule has 0 radical (unpaired) electrons. The molecular formula is C16H11ClO3. The average molecular weight is 287 g/mol. The van der Waals surface area contributed by atoms with Crippen molar-refractivity contribution in [3.63, 3.8) is 0 Å². The van der Waals surface area contributed by atoms with E-state index in [0.29, 0.717) is 21.9 Å². The molecule has 4 heteroatoms. The highest BCUT2D eigenvalue weighted by molar-refractivity contribution is 6.30. The lowest BCUT2D eigenvalue weighted by Crippen LogP contribution is -2.02. The molecule has 0 saturated carbocycles. The maximum absolute atomic E-state index is 12.1. The van der Waals surface area contributed by atoms with Crippen LogP contribution in [0.15, 0.2) is 57.7 Å². The van der Waals surface area contributed by atoms with Gasteiger partial charge in [0.25, 0.3) is 0 Å². The molecule has 0 spiro atoms. The van der Waals surface area contributed by atoms with E-state index in [9.17, 15) is 4.79 Å². The van der Waals surface area contributed by atoms with Crippen LogP contribution in [0.5, 0.6) is 5.75 Å². The molecule has 20 heavy (non-hydrogen) atoms. The van der Waals surface area contributed by atoms with Gasteiger partial charge in [0, 0.05) is 16.5 Å². The van der Waals surface area contributed by atoms with E-state index in [0.717, 1.165) is 10.9 Å². The number of fused-ring (bicyclic) bond motifs is 1. The quantitative estimate of drug-likeness (QED) is 0.665. The largest absolute Gasteiger partial charge is 0.497 e. The lowest BCUT2D eigenvalue weighted by atomic mass is 10.1. The molecule has 0 aliphatic carbocycles. The van der Waals surface area contributed by atoms with Gasteiger partial charge in [-0.3, -0.25) is 0 Å². The van der Waals surface area contributed by atoms with Gasteiger partial charge in [-0.15, -0.1) is 0 Å². The van der Waals surface area contributed by atoms with Gasteiger partial charge in [-0.1, -0.05) is 23.7 Å². The van der Waals surface area contributed by atoms with E-state index in [2.05, 4.69) is 0 Å². The summed E-state index contributed by atoms with van der Waals surface area (Å²) in [5, 5.41) is 1.47. The summed E-state index contributed by atoms with van der Waals surface area (Å²) in [5.74, 6) is 0.653. The molecule has 3 rings (SSSR count). The molecule has 0 amide bonds. The van der Waals surface area contributed by atoms with Gasteiger partial charge in [0.05, 0.1) is 12.7 Å². The first kappa shape index (κ1) is 12.8. The smallest absolute Gasteiger partial charge is 0.344 e. The van der Waals surface area contributed by atoms with E-state index in [4.69, 9.17) is 20.8 Å². The number of methoxy groups -OCH3 is 1. The second-order valence-electron chi connectivity index (χ2n) is 4.36. The third-order valence-electron chi connectivity index (χ3n) is 3.10. The Bertz CT molecular complexity index is 819. The summed E-state index contributed by atoms with van der Waals surface area (Å²) >= 11 is 5.85. The van der Waals surface area contributed by atoms with E-state index in [1.54, 1.807) is 37.4 Å². The van der Waals surface area contributed by atoms with Crippen molar-refractivity contribution >= 4 is 22.6 Å². The molecule has 1 heterocycles. The Morgan fingerprint density at radius 3 is 2.50 bits per heavy atom. The van der Waals surface area contributed by atoms with Crippen molar-refractivity contribution < 1.29 is 9.15 Å². The first-order valence-electron chi connectivity index (χ1n) is 6.05. The molecule has 0 N–H and O–H groups in total. The van der Waals surface area contributed by atoms with E-state index < -0.39 is 0 Å². The van der Waals surface area contributed by atoms with Crippen LogP contribution < -0.4 is 10.4 Å². The van der Waals surface area contributed by atoms with Crippen LogP contribution in [0.1, 0.15) is 0 Å². The molecule has 100 valence electrons. The molecule has 0 aliphatic rings. The van der Waals surface area contributed by atoms with Gasteiger partial charge >= 0.3 is 5.63 Å². The second kappa shape index (κ2) is 5.02. The minimum Gasteiger partial charge on any atom is -0.497 e. The topological polar surface area (TPSA) is 39.4 Å². The summed E-state index contributed by atoms with van der Waals surface area (Å²) in [7, 11) is 1.57. The zero-order valence-electron chi connectivity index (χ0n) is 10.7. The Morgan fingerprint density at radius 2 is 1.80 bits per heavy atom. The Labute approximate surface area is 120 Å². The Balaban J connectivity index is 2.20. The molecule has 3 nitrogen and oxygen atoms in total. The number of hydrogen-bond donors (Lipinski definition) is 0. The molecule has 3 aromatic rings. The van der Waals surface area contributed by atoms with Gasteiger partial charge in [-0.2, -0.15) is 0 Å². The number of ether oxygens (including phenoxy) is 1. The van der Waals surface area contributed by atoms with Gasteiger partial charge in [0.1, 0.15) is 11.3 Å². The number of rotatable bonds is 2. The average Bonchev–Trinajstić information content (AvgIpc) is 2.47. The highest BCUT2D eigenvalue weighted by atomic mass is 35.5. The summed E-state index contributed by atoms with van der Waals surface area (Å²) in [4.78, 5) is 12.1. The van der Waals surface area contributed by atoms with Crippen LogP contribution in [0.2, 0.25) is 5.02 Å². The van der Waals surface area contributed by atoms with Crippen molar-refractivity contribution in [1.82, 2.24) is 0 Å². The number of hydrogen-bond acceptors (Lipinski definition) is 3. The lowest BCUT2D eigenvalue weighted by Gasteiger charge is -2.04. The molecule has 0 bridgehead atoms. The van der Waals surface area contributed by atoms with Crippen molar-refractivity contribution in [3.05, 3.63) is 64.0 Å². The van der Waals surface area contributed by atoms with Gasteiger partial charge in [-0.05, 0) is 35.9 Å². The summed E-state index contributed by atoms with van der Waals surface area (Å²) in [5.41, 5.74) is 1.42. The Hall–Kier alpha value is -2.26. The zero-order valence-corrected chi connectivity index (χ0v) is 11.5. The Morgan fingerprint density at radius 1 is 1.05 bits per heavy atom. The molecular weight excluding hydrogens is 276 g/mol. The molecule has 0 aliphatic heterocycles. The number of benzene rings is 2. The third kappa shape index (κ3) is 2.28. The first-order chi connectivity index (χ1) is 9.67. The Kier molecular flexibility index (Phi) is 3.20. The molecule has 1 aromatic heterocycles. The van der Waals surface area contributed by atoms with Gasteiger partial charge in [0.15, 0.2) is 0 Å². The fourth-order valence-corrected chi connectivity index (χ4v) is 2.18. The van der Waals surface area contributed by atoms with Crippen molar-refractivity contribution in [3.8, 4) is 16.9 Å². The highest BCUT2D eigenvalue weighted by Crippen LogP contribution is 2.25. The fourth-order valence-electron chi connectivity index (χ4n) is 2.05. The summed E-state index contributed by atoms with van der Waals surface area (Å²) in [6.45, 7) is 0. The molecule has 0 atom stereocenters. The standard InChI is InChI=1S/C16H11ClO3/c1-19-13-7-4-11-8-14(16(18)20-15(11)9-13)10-2-5-12(17)6-3-10/h2-9H,1H3. The van der Waals surface area contributed by atoms with E-state index in [1.165, 1.54) is 0 Å². The van der Waals surface area contributed by atoms with Crippen molar-refractivity contribution in [2.75, 3.05) is 7.11 Å². The van der Waals surface area contributed by atoms with Crippen LogP contribution in [0.3, 0.4) is 0 Å². The summed E-state index contributed by atoms with van der Waals surface area (Å²) in [6, 6.07) is 14.3. The molecule has 0 saturated heterocycles. The van der Waals surface area contributed by atoms with Crippen LogP contribution in [0.25, 0.3) is 22.1 Å².